The van der Waals surface area contributed by atoms with Crippen molar-refractivity contribution >= 4 is 5.91 Å². The summed E-state index contributed by atoms with van der Waals surface area (Å²) in [6, 6.07) is 0. The molecule has 1 heterocycles. The fourth-order valence-corrected chi connectivity index (χ4v) is 0.943. The van der Waals surface area contributed by atoms with E-state index in [0.717, 1.165) is 12.2 Å². The number of carbonyl (C=O) groups is 1. The molecule has 72 valence electrons. The fourth-order valence-electron chi connectivity index (χ4n) is 0.943. The number of carbonyl (C=O) groups excluding carboxylic acids is 1. The second kappa shape index (κ2) is 4.64. The zero-order valence-corrected chi connectivity index (χ0v) is 8.00. The monoisotopic (exact) mass is 181 g/mol. The Morgan fingerprint density at radius 2 is 2.46 bits per heavy atom. The summed E-state index contributed by atoms with van der Waals surface area (Å²) < 4.78 is 0. The van der Waals surface area contributed by atoms with Crippen LogP contribution in [0.2, 0.25) is 0 Å². The number of aromatic amines is 1. The maximum Gasteiger partial charge on any atom is 0.222 e. The van der Waals surface area contributed by atoms with E-state index in [1.165, 1.54) is 0 Å². The third-order valence-electron chi connectivity index (χ3n) is 1.74. The van der Waals surface area contributed by atoms with Gasteiger partial charge in [0.2, 0.25) is 5.91 Å². The van der Waals surface area contributed by atoms with Gasteiger partial charge in [-0.05, 0) is 0 Å². The van der Waals surface area contributed by atoms with E-state index in [-0.39, 0.29) is 11.8 Å². The first-order valence-electron chi connectivity index (χ1n) is 4.46. The third kappa shape index (κ3) is 3.27. The molecule has 0 aliphatic rings. The first-order valence-corrected chi connectivity index (χ1v) is 4.46. The van der Waals surface area contributed by atoms with Gasteiger partial charge in [-0.2, -0.15) is 0 Å². The molecule has 0 aromatic carbocycles. The molecule has 1 aromatic rings. The molecule has 0 bridgehead atoms. The van der Waals surface area contributed by atoms with E-state index < -0.39 is 0 Å². The van der Waals surface area contributed by atoms with Gasteiger partial charge in [0.15, 0.2) is 0 Å². The average molecular weight is 181 g/mol. The molecular formula is C9H15N3O. The maximum absolute atomic E-state index is 11.1. The molecule has 2 N–H and O–H groups in total. The summed E-state index contributed by atoms with van der Waals surface area (Å²) in [5, 5.41) is 2.82. The summed E-state index contributed by atoms with van der Waals surface area (Å²) in [5.41, 5.74) is 0. The summed E-state index contributed by atoms with van der Waals surface area (Å²) in [4.78, 5) is 18.2. The van der Waals surface area contributed by atoms with Crippen molar-refractivity contribution < 1.29 is 4.79 Å². The van der Waals surface area contributed by atoms with Crippen molar-refractivity contribution in [1.82, 2.24) is 15.3 Å². The van der Waals surface area contributed by atoms with E-state index in [9.17, 15) is 4.79 Å². The molecule has 0 spiro atoms. The standard InChI is InChI=1S/C9H15N3O/c1-7(2)9(13)12-4-3-8-10-5-6-11-8/h5-7H,3-4H2,1-2H3,(H,10,11)(H,12,13). The van der Waals surface area contributed by atoms with Gasteiger partial charge in [0.25, 0.3) is 0 Å². The van der Waals surface area contributed by atoms with E-state index in [4.69, 9.17) is 0 Å². The Hall–Kier alpha value is -1.32. The van der Waals surface area contributed by atoms with Crippen LogP contribution in [0.25, 0.3) is 0 Å². The van der Waals surface area contributed by atoms with Crippen LogP contribution in [0.1, 0.15) is 19.7 Å². The number of nitrogens with one attached hydrogen (secondary N) is 2. The normalized spacial score (nSPS) is 10.4. The van der Waals surface area contributed by atoms with E-state index >= 15 is 0 Å². The Kier molecular flexibility index (Phi) is 3.49. The molecular weight excluding hydrogens is 166 g/mol. The van der Waals surface area contributed by atoms with Gasteiger partial charge in [0, 0.05) is 31.3 Å². The summed E-state index contributed by atoms with van der Waals surface area (Å²) in [5.74, 6) is 1.05. The number of imidazole rings is 1. The lowest BCUT2D eigenvalue weighted by molar-refractivity contribution is -0.123. The topological polar surface area (TPSA) is 57.8 Å². The van der Waals surface area contributed by atoms with Crippen LogP contribution in [-0.2, 0) is 11.2 Å². The zero-order valence-electron chi connectivity index (χ0n) is 8.00. The first-order chi connectivity index (χ1) is 6.20. The lowest BCUT2D eigenvalue weighted by Gasteiger charge is -2.05. The molecule has 0 fully saturated rings. The Morgan fingerprint density at radius 1 is 1.69 bits per heavy atom. The minimum Gasteiger partial charge on any atom is -0.355 e. The molecule has 0 radical (unpaired) electrons. The van der Waals surface area contributed by atoms with Crippen molar-refractivity contribution in [2.45, 2.75) is 20.3 Å². The molecule has 0 saturated carbocycles. The second-order valence-corrected chi connectivity index (χ2v) is 3.23. The van der Waals surface area contributed by atoms with Crippen LogP contribution in [0, 0.1) is 5.92 Å². The minimum absolute atomic E-state index is 0.0524. The van der Waals surface area contributed by atoms with E-state index in [1.807, 2.05) is 13.8 Å². The van der Waals surface area contributed by atoms with Crippen molar-refractivity contribution in [2.75, 3.05) is 6.54 Å². The van der Waals surface area contributed by atoms with Gasteiger partial charge in [0.1, 0.15) is 5.82 Å². The summed E-state index contributed by atoms with van der Waals surface area (Å²) in [7, 11) is 0. The van der Waals surface area contributed by atoms with E-state index in [2.05, 4.69) is 15.3 Å². The molecule has 1 amide bonds. The smallest absolute Gasteiger partial charge is 0.222 e. The number of nitrogens with zero attached hydrogens (tertiary/aromatic N) is 1. The predicted octanol–water partition coefficient (Wildman–Crippen LogP) is 0.724. The Labute approximate surface area is 77.8 Å². The lowest BCUT2D eigenvalue weighted by atomic mass is 10.2. The summed E-state index contributed by atoms with van der Waals surface area (Å²) in [6.07, 6.45) is 4.24. The van der Waals surface area contributed by atoms with Gasteiger partial charge in [-0.25, -0.2) is 4.98 Å². The molecule has 4 heteroatoms. The highest BCUT2D eigenvalue weighted by Gasteiger charge is 2.05. The van der Waals surface area contributed by atoms with Crippen LogP contribution in [0.4, 0.5) is 0 Å². The molecule has 1 rings (SSSR count). The number of hydrogen-bond donors (Lipinski definition) is 2. The summed E-state index contributed by atoms with van der Waals surface area (Å²) >= 11 is 0. The Morgan fingerprint density at radius 3 is 3.00 bits per heavy atom. The SMILES string of the molecule is CC(C)C(=O)NCCc1ncc[nH]1. The predicted molar refractivity (Wildman–Crippen MR) is 50.1 cm³/mol. The molecule has 0 atom stereocenters. The van der Waals surface area contributed by atoms with Gasteiger partial charge < -0.3 is 10.3 Å². The number of H-pyrrole nitrogens is 1. The van der Waals surface area contributed by atoms with Crippen LogP contribution in [0.5, 0.6) is 0 Å². The number of amides is 1. The van der Waals surface area contributed by atoms with Crippen LogP contribution in [0.15, 0.2) is 12.4 Å². The second-order valence-electron chi connectivity index (χ2n) is 3.23. The average Bonchev–Trinajstić information content (AvgIpc) is 2.56. The zero-order chi connectivity index (χ0) is 9.68. The molecule has 0 unspecified atom stereocenters. The highest BCUT2D eigenvalue weighted by Crippen LogP contribution is 1.92. The van der Waals surface area contributed by atoms with Gasteiger partial charge in [-0.15, -0.1) is 0 Å². The lowest BCUT2D eigenvalue weighted by Crippen LogP contribution is -2.29. The van der Waals surface area contributed by atoms with Crippen LogP contribution < -0.4 is 5.32 Å². The van der Waals surface area contributed by atoms with Gasteiger partial charge in [0.05, 0.1) is 0 Å². The summed E-state index contributed by atoms with van der Waals surface area (Å²) in [6.45, 7) is 4.40. The van der Waals surface area contributed by atoms with Crippen LogP contribution in [0.3, 0.4) is 0 Å². The minimum atomic E-state index is 0.0524. The van der Waals surface area contributed by atoms with E-state index in [0.29, 0.717) is 6.54 Å². The van der Waals surface area contributed by atoms with Gasteiger partial charge in [-0.3, -0.25) is 4.79 Å². The quantitative estimate of drug-likeness (QED) is 0.719. The molecule has 1 aromatic heterocycles. The Balaban J connectivity index is 2.18. The van der Waals surface area contributed by atoms with Crippen molar-refractivity contribution in [3.8, 4) is 0 Å². The highest BCUT2D eigenvalue weighted by atomic mass is 16.1. The number of aromatic nitrogens is 2. The largest absolute Gasteiger partial charge is 0.355 e. The van der Waals surface area contributed by atoms with Crippen molar-refractivity contribution in [2.24, 2.45) is 5.92 Å². The van der Waals surface area contributed by atoms with Gasteiger partial charge in [-0.1, -0.05) is 13.8 Å². The van der Waals surface area contributed by atoms with Crippen LogP contribution >= 0.6 is 0 Å². The van der Waals surface area contributed by atoms with Crippen molar-refractivity contribution in [3.05, 3.63) is 18.2 Å². The highest BCUT2D eigenvalue weighted by molar-refractivity contribution is 5.77. The molecule has 0 saturated heterocycles. The molecule has 0 aliphatic heterocycles. The fraction of sp³-hybridized carbons (Fsp3) is 0.556. The third-order valence-corrected chi connectivity index (χ3v) is 1.74. The molecule has 0 aliphatic carbocycles. The molecule has 13 heavy (non-hydrogen) atoms. The molecule has 4 nitrogen and oxygen atoms in total. The van der Waals surface area contributed by atoms with Crippen molar-refractivity contribution in [3.63, 3.8) is 0 Å². The van der Waals surface area contributed by atoms with Crippen molar-refractivity contribution in [1.29, 1.82) is 0 Å². The van der Waals surface area contributed by atoms with Gasteiger partial charge >= 0.3 is 0 Å². The number of hydrogen-bond acceptors (Lipinski definition) is 2. The first kappa shape index (κ1) is 9.77. The Bertz CT molecular complexity index is 254. The maximum atomic E-state index is 11.1. The number of rotatable bonds is 4. The van der Waals surface area contributed by atoms with E-state index in [1.54, 1.807) is 12.4 Å². The van der Waals surface area contributed by atoms with Crippen LogP contribution in [-0.4, -0.2) is 22.4 Å².